The van der Waals surface area contributed by atoms with Crippen LogP contribution in [0.15, 0.2) is 0 Å². The summed E-state index contributed by atoms with van der Waals surface area (Å²) in [5.74, 6) is 1.59. The number of aliphatic hydroxyl groups is 1. The third-order valence-electron chi connectivity index (χ3n) is 4.25. The molecule has 14 heavy (non-hydrogen) atoms. The van der Waals surface area contributed by atoms with Gasteiger partial charge in [-0.3, -0.25) is 0 Å². The number of rotatable bonds is 3. The zero-order chi connectivity index (χ0) is 10.8. The van der Waals surface area contributed by atoms with Gasteiger partial charge >= 0.3 is 0 Å². The molecule has 0 spiro atoms. The van der Waals surface area contributed by atoms with Gasteiger partial charge < -0.3 is 5.11 Å². The van der Waals surface area contributed by atoms with Crippen molar-refractivity contribution in [2.24, 2.45) is 17.8 Å². The second-order valence-corrected chi connectivity index (χ2v) is 5.40. The van der Waals surface area contributed by atoms with E-state index in [2.05, 4.69) is 27.7 Å². The van der Waals surface area contributed by atoms with Gasteiger partial charge in [0.05, 0.1) is 5.60 Å². The molecule has 0 aromatic heterocycles. The fourth-order valence-electron chi connectivity index (χ4n) is 3.08. The van der Waals surface area contributed by atoms with Gasteiger partial charge in [0.15, 0.2) is 0 Å². The maximum atomic E-state index is 10.8. The fraction of sp³-hybridized carbons (Fsp3) is 1.00. The minimum absolute atomic E-state index is 0.374. The van der Waals surface area contributed by atoms with Crippen molar-refractivity contribution in [2.75, 3.05) is 0 Å². The lowest BCUT2D eigenvalue weighted by molar-refractivity contribution is -0.106. The summed E-state index contributed by atoms with van der Waals surface area (Å²) in [7, 11) is 0. The normalized spacial score (nSPS) is 36.0. The molecule has 0 heterocycles. The van der Waals surface area contributed by atoms with Crippen LogP contribution in [0.5, 0.6) is 0 Å². The molecule has 0 aliphatic heterocycles. The smallest absolute Gasteiger partial charge is 0.0703 e. The van der Waals surface area contributed by atoms with Crippen LogP contribution >= 0.6 is 0 Å². The average Bonchev–Trinajstić information content (AvgIpc) is 2.16. The first-order chi connectivity index (χ1) is 6.52. The Morgan fingerprint density at radius 2 is 1.93 bits per heavy atom. The Morgan fingerprint density at radius 1 is 1.29 bits per heavy atom. The monoisotopic (exact) mass is 198 g/mol. The van der Waals surface area contributed by atoms with Crippen molar-refractivity contribution in [3.63, 3.8) is 0 Å². The zero-order valence-corrected chi connectivity index (χ0v) is 10.2. The molecule has 3 atom stereocenters. The summed E-state index contributed by atoms with van der Waals surface area (Å²) >= 11 is 0. The Morgan fingerprint density at radius 3 is 2.43 bits per heavy atom. The molecule has 1 saturated carbocycles. The van der Waals surface area contributed by atoms with Crippen LogP contribution in [0.2, 0.25) is 0 Å². The maximum absolute atomic E-state index is 10.8. The molecule has 1 aliphatic rings. The lowest BCUT2D eigenvalue weighted by Crippen LogP contribution is -2.48. The van der Waals surface area contributed by atoms with Crippen LogP contribution in [-0.4, -0.2) is 10.7 Å². The SMILES string of the molecule is CCC(C)C1(O)CCCCC1C(C)C. The van der Waals surface area contributed by atoms with Crippen LogP contribution in [0.4, 0.5) is 0 Å². The highest BCUT2D eigenvalue weighted by Crippen LogP contribution is 2.43. The molecule has 1 aliphatic carbocycles. The molecule has 0 aromatic carbocycles. The predicted molar refractivity (Wildman–Crippen MR) is 61.2 cm³/mol. The summed E-state index contributed by atoms with van der Waals surface area (Å²) in [6.07, 6.45) is 5.86. The Labute approximate surface area is 88.9 Å². The molecule has 0 aromatic rings. The summed E-state index contributed by atoms with van der Waals surface area (Å²) in [4.78, 5) is 0. The van der Waals surface area contributed by atoms with Crippen molar-refractivity contribution >= 4 is 0 Å². The van der Waals surface area contributed by atoms with E-state index < -0.39 is 0 Å². The van der Waals surface area contributed by atoms with Gasteiger partial charge in [0, 0.05) is 0 Å². The predicted octanol–water partition coefficient (Wildman–Crippen LogP) is 3.61. The fourth-order valence-corrected chi connectivity index (χ4v) is 3.08. The Hall–Kier alpha value is -0.0400. The maximum Gasteiger partial charge on any atom is 0.0703 e. The molecule has 84 valence electrons. The van der Waals surface area contributed by atoms with Crippen LogP contribution in [-0.2, 0) is 0 Å². The van der Waals surface area contributed by atoms with Crippen molar-refractivity contribution in [1.29, 1.82) is 0 Å². The summed E-state index contributed by atoms with van der Waals surface area (Å²) < 4.78 is 0. The highest BCUT2D eigenvalue weighted by Gasteiger charge is 2.43. The lowest BCUT2D eigenvalue weighted by Gasteiger charge is -2.46. The van der Waals surface area contributed by atoms with Gasteiger partial charge in [-0.25, -0.2) is 0 Å². The molecule has 0 amide bonds. The van der Waals surface area contributed by atoms with E-state index in [-0.39, 0.29) is 5.60 Å². The Bertz CT molecular complexity index is 176. The number of hydrogen-bond acceptors (Lipinski definition) is 1. The van der Waals surface area contributed by atoms with Gasteiger partial charge in [0.2, 0.25) is 0 Å². The van der Waals surface area contributed by atoms with E-state index in [4.69, 9.17) is 0 Å². The zero-order valence-electron chi connectivity index (χ0n) is 10.2. The van der Waals surface area contributed by atoms with Gasteiger partial charge in [-0.05, 0) is 30.6 Å². The average molecular weight is 198 g/mol. The highest BCUT2D eigenvalue weighted by molar-refractivity contribution is 4.94. The lowest BCUT2D eigenvalue weighted by atomic mass is 9.64. The van der Waals surface area contributed by atoms with Crippen molar-refractivity contribution < 1.29 is 5.11 Å². The van der Waals surface area contributed by atoms with E-state index in [0.717, 1.165) is 12.8 Å². The topological polar surface area (TPSA) is 20.2 Å². The third-order valence-corrected chi connectivity index (χ3v) is 4.25. The molecular formula is C13H26O. The molecule has 1 nitrogen and oxygen atoms in total. The van der Waals surface area contributed by atoms with Crippen LogP contribution < -0.4 is 0 Å². The molecule has 3 unspecified atom stereocenters. The first-order valence-corrected chi connectivity index (χ1v) is 6.24. The van der Waals surface area contributed by atoms with Gasteiger partial charge in [-0.15, -0.1) is 0 Å². The molecule has 1 fully saturated rings. The second kappa shape index (κ2) is 4.65. The third kappa shape index (κ3) is 2.13. The quantitative estimate of drug-likeness (QED) is 0.734. The van der Waals surface area contributed by atoms with Crippen LogP contribution in [0.1, 0.15) is 59.8 Å². The van der Waals surface area contributed by atoms with Gasteiger partial charge in [-0.2, -0.15) is 0 Å². The van der Waals surface area contributed by atoms with Gasteiger partial charge in [0.25, 0.3) is 0 Å². The van der Waals surface area contributed by atoms with Crippen molar-refractivity contribution in [3.05, 3.63) is 0 Å². The Balaban J connectivity index is 2.79. The van der Waals surface area contributed by atoms with E-state index in [9.17, 15) is 5.11 Å². The largest absolute Gasteiger partial charge is 0.389 e. The van der Waals surface area contributed by atoms with Gasteiger partial charge in [-0.1, -0.05) is 47.0 Å². The summed E-state index contributed by atoms with van der Waals surface area (Å²) in [6, 6.07) is 0. The number of hydrogen-bond donors (Lipinski definition) is 1. The molecule has 0 bridgehead atoms. The standard InChI is InChI=1S/C13H26O/c1-5-11(4)13(14)9-7-6-8-12(13)10(2)3/h10-12,14H,5-9H2,1-4H3. The summed E-state index contributed by atoms with van der Waals surface area (Å²) in [5, 5.41) is 10.8. The van der Waals surface area contributed by atoms with E-state index in [1.807, 2.05) is 0 Å². The van der Waals surface area contributed by atoms with Crippen molar-refractivity contribution in [1.82, 2.24) is 0 Å². The molecule has 1 N–H and O–H groups in total. The van der Waals surface area contributed by atoms with Crippen molar-refractivity contribution in [2.45, 2.75) is 65.4 Å². The van der Waals surface area contributed by atoms with E-state index in [1.54, 1.807) is 0 Å². The highest BCUT2D eigenvalue weighted by atomic mass is 16.3. The molecular weight excluding hydrogens is 172 g/mol. The minimum Gasteiger partial charge on any atom is -0.389 e. The second-order valence-electron chi connectivity index (χ2n) is 5.40. The first kappa shape index (κ1) is 12.0. The van der Waals surface area contributed by atoms with Crippen LogP contribution in [0.3, 0.4) is 0 Å². The van der Waals surface area contributed by atoms with Crippen LogP contribution in [0.25, 0.3) is 0 Å². The molecule has 0 saturated heterocycles. The van der Waals surface area contributed by atoms with Crippen molar-refractivity contribution in [3.8, 4) is 0 Å². The molecule has 0 radical (unpaired) electrons. The van der Waals surface area contributed by atoms with Crippen LogP contribution in [0, 0.1) is 17.8 Å². The first-order valence-electron chi connectivity index (χ1n) is 6.24. The minimum atomic E-state index is -0.374. The summed E-state index contributed by atoms with van der Waals surface area (Å²) in [6.45, 7) is 8.90. The Kier molecular flexibility index (Phi) is 4.00. The van der Waals surface area contributed by atoms with E-state index in [1.165, 1.54) is 19.3 Å². The molecule has 1 heteroatoms. The van der Waals surface area contributed by atoms with E-state index in [0.29, 0.717) is 17.8 Å². The van der Waals surface area contributed by atoms with E-state index >= 15 is 0 Å². The molecule has 1 rings (SSSR count). The summed E-state index contributed by atoms with van der Waals surface area (Å²) in [5.41, 5.74) is -0.374. The van der Waals surface area contributed by atoms with Gasteiger partial charge in [0.1, 0.15) is 0 Å².